The van der Waals surface area contributed by atoms with Crippen molar-refractivity contribution in [2.24, 2.45) is 5.92 Å². The molecule has 1 atom stereocenters. The van der Waals surface area contributed by atoms with Gasteiger partial charge >= 0.3 is 0 Å². The molecule has 0 radical (unpaired) electrons. The van der Waals surface area contributed by atoms with E-state index in [1.165, 1.54) is 42.5 Å². The van der Waals surface area contributed by atoms with Crippen molar-refractivity contribution in [1.82, 2.24) is 0 Å². The lowest BCUT2D eigenvalue weighted by molar-refractivity contribution is 0.473. The van der Waals surface area contributed by atoms with Crippen molar-refractivity contribution in [2.75, 3.05) is 11.9 Å². The van der Waals surface area contributed by atoms with Gasteiger partial charge in [-0.3, -0.25) is 0 Å². The van der Waals surface area contributed by atoms with Gasteiger partial charge in [-0.25, -0.2) is 0 Å². The fourth-order valence-electron chi connectivity index (χ4n) is 2.62. The van der Waals surface area contributed by atoms with Crippen molar-refractivity contribution in [1.29, 1.82) is 0 Å². The van der Waals surface area contributed by atoms with Crippen molar-refractivity contribution in [3.8, 4) is 11.1 Å². The molecule has 1 unspecified atom stereocenters. The summed E-state index contributed by atoms with van der Waals surface area (Å²) in [7, 11) is 0. The van der Waals surface area contributed by atoms with Crippen LogP contribution in [0.2, 0.25) is 0 Å². The first-order valence-electron chi connectivity index (χ1n) is 8.22. The summed E-state index contributed by atoms with van der Waals surface area (Å²) in [5.41, 5.74) is 3.78. The Hall–Kier alpha value is -1.76. The Morgan fingerprint density at radius 1 is 0.857 bits per heavy atom. The van der Waals surface area contributed by atoms with Crippen LogP contribution < -0.4 is 5.32 Å². The summed E-state index contributed by atoms with van der Waals surface area (Å²) in [6.45, 7) is 5.64. The van der Waals surface area contributed by atoms with Crippen molar-refractivity contribution in [3.63, 3.8) is 0 Å². The van der Waals surface area contributed by atoms with Gasteiger partial charge in [0.25, 0.3) is 0 Å². The smallest absolute Gasteiger partial charge is 0.0340 e. The average Bonchev–Trinajstić information content (AvgIpc) is 2.56. The number of nitrogens with one attached hydrogen (secondary N) is 1. The van der Waals surface area contributed by atoms with E-state index in [1.54, 1.807) is 0 Å². The molecule has 0 heterocycles. The van der Waals surface area contributed by atoms with E-state index < -0.39 is 0 Å². The van der Waals surface area contributed by atoms with Crippen LogP contribution >= 0.6 is 0 Å². The monoisotopic (exact) mass is 281 g/mol. The van der Waals surface area contributed by atoms with Gasteiger partial charge in [-0.1, -0.05) is 75.6 Å². The zero-order chi connectivity index (χ0) is 14.9. The van der Waals surface area contributed by atoms with Crippen LogP contribution in [0, 0.1) is 5.92 Å². The van der Waals surface area contributed by atoms with E-state index in [4.69, 9.17) is 0 Å². The van der Waals surface area contributed by atoms with Gasteiger partial charge in [-0.2, -0.15) is 0 Å². The lowest BCUT2D eigenvalue weighted by Gasteiger charge is -2.16. The molecule has 2 aromatic carbocycles. The number of benzene rings is 2. The number of hydrogen-bond acceptors (Lipinski definition) is 1. The van der Waals surface area contributed by atoms with Crippen LogP contribution in [0.1, 0.15) is 39.5 Å². The standard InChI is InChI=1S/C20H27N/c1-3-5-9-17(4-2)16-21-20-14-12-19(13-15-20)18-10-7-6-8-11-18/h6-8,10-15,17,21H,3-5,9,16H2,1-2H3. The van der Waals surface area contributed by atoms with Crippen molar-refractivity contribution in [3.05, 3.63) is 54.6 Å². The van der Waals surface area contributed by atoms with Crippen LogP contribution in [-0.4, -0.2) is 6.54 Å². The topological polar surface area (TPSA) is 12.0 Å². The zero-order valence-electron chi connectivity index (χ0n) is 13.3. The third kappa shape index (κ3) is 4.93. The lowest BCUT2D eigenvalue weighted by atomic mass is 9.99. The molecule has 1 N–H and O–H groups in total. The summed E-state index contributed by atoms with van der Waals surface area (Å²) in [6.07, 6.45) is 5.23. The summed E-state index contributed by atoms with van der Waals surface area (Å²) >= 11 is 0. The molecule has 2 aromatic rings. The van der Waals surface area contributed by atoms with Crippen LogP contribution in [-0.2, 0) is 0 Å². The quantitative estimate of drug-likeness (QED) is 0.627. The molecule has 2 rings (SSSR count). The van der Waals surface area contributed by atoms with Gasteiger partial charge in [-0.05, 0) is 35.6 Å². The molecule has 0 aliphatic heterocycles. The van der Waals surface area contributed by atoms with Crippen LogP contribution in [0.25, 0.3) is 11.1 Å². The molecule has 0 saturated heterocycles. The molecular formula is C20H27N. The summed E-state index contributed by atoms with van der Waals surface area (Å²) < 4.78 is 0. The molecule has 0 fully saturated rings. The Morgan fingerprint density at radius 3 is 2.14 bits per heavy atom. The van der Waals surface area contributed by atoms with E-state index >= 15 is 0 Å². The van der Waals surface area contributed by atoms with Crippen molar-refractivity contribution < 1.29 is 0 Å². The van der Waals surface area contributed by atoms with Gasteiger partial charge in [0.15, 0.2) is 0 Å². The van der Waals surface area contributed by atoms with Crippen LogP contribution in [0.4, 0.5) is 5.69 Å². The minimum atomic E-state index is 0.791. The second-order valence-corrected chi connectivity index (χ2v) is 5.74. The van der Waals surface area contributed by atoms with Gasteiger partial charge in [0.2, 0.25) is 0 Å². The van der Waals surface area contributed by atoms with Gasteiger partial charge < -0.3 is 5.32 Å². The Kier molecular flexibility index (Phi) is 6.33. The van der Waals surface area contributed by atoms with E-state index in [2.05, 4.69) is 73.8 Å². The molecule has 0 saturated carbocycles. The molecule has 0 aliphatic carbocycles. The minimum absolute atomic E-state index is 0.791. The van der Waals surface area contributed by atoms with E-state index in [0.717, 1.165) is 12.5 Å². The number of rotatable bonds is 8. The Balaban J connectivity index is 1.90. The molecular weight excluding hydrogens is 254 g/mol. The number of unbranched alkanes of at least 4 members (excludes halogenated alkanes) is 1. The van der Waals surface area contributed by atoms with E-state index in [0.29, 0.717) is 0 Å². The molecule has 21 heavy (non-hydrogen) atoms. The maximum Gasteiger partial charge on any atom is 0.0340 e. The molecule has 1 nitrogen and oxygen atoms in total. The maximum atomic E-state index is 3.58. The highest BCUT2D eigenvalue weighted by Crippen LogP contribution is 2.21. The fraction of sp³-hybridized carbons (Fsp3) is 0.400. The summed E-state index contributed by atoms with van der Waals surface area (Å²) in [5.74, 6) is 0.791. The third-order valence-corrected chi connectivity index (χ3v) is 4.13. The maximum absolute atomic E-state index is 3.58. The van der Waals surface area contributed by atoms with Crippen LogP contribution in [0.5, 0.6) is 0 Å². The molecule has 112 valence electrons. The van der Waals surface area contributed by atoms with Crippen LogP contribution in [0.3, 0.4) is 0 Å². The van der Waals surface area contributed by atoms with Crippen molar-refractivity contribution in [2.45, 2.75) is 39.5 Å². The highest BCUT2D eigenvalue weighted by atomic mass is 14.9. The summed E-state index contributed by atoms with van der Waals surface area (Å²) in [5, 5.41) is 3.58. The van der Waals surface area contributed by atoms with E-state index in [-0.39, 0.29) is 0 Å². The molecule has 1 heteroatoms. The largest absolute Gasteiger partial charge is 0.385 e. The first-order valence-corrected chi connectivity index (χ1v) is 8.22. The van der Waals surface area contributed by atoms with Gasteiger partial charge in [0.1, 0.15) is 0 Å². The predicted octanol–water partition coefficient (Wildman–Crippen LogP) is 5.98. The second-order valence-electron chi connectivity index (χ2n) is 5.74. The molecule has 0 aromatic heterocycles. The zero-order valence-corrected chi connectivity index (χ0v) is 13.3. The normalized spacial score (nSPS) is 12.1. The minimum Gasteiger partial charge on any atom is -0.385 e. The lowest BCUT2D eigenvalue weighted by Crippen LogP contribution is -2.13. The fourth-order valence-corrected chi connectivity index (χ4v) is 2.62. The van der Waals surface area contributed by atoms with Crippen molar-refractivity contribution >= 4 is 5.69 Å². The highest BCUT2D eigenvalue weighted by molar-refractivity contribution is 5.65. The summed E-state index contributed by atoms with van der Waals surface area (Å²) in [4.78, 5) is 0. The number of hydrogen-bond donors (Lipinski definition) is 1. The molecule has 0 bridgehead atoms. The van der Waals surface area contributed by atoms with E-state index in [1.807, 2.05) is 0 Å². The van der Waals surface area contributed by atoms with E-state index in [9.17, 15) is 0 Å². The molecule has 0 aliphatic rings. The Morgan fingerprint density at radius 2 is 1.52 bits per heavy atom. The first-order chi connectivity index (χ1) is 10.3. The van der Waals surface area contributed by atoms with Crippen LogP contribution in [0.15, 0.2) is 54.6 Å². The van der Waals surface area contributed by atoms with Gasteiger partial charge in [0, 0.05) is 12.2 Å². The van der Waals surface area contributed by atoms with Gasteiger partial charge in [-0.15, -0.1) is 0 Å². The average molecular weight is 281 g/mol. The molecule has 0 amide bonds. The first kappa shape index (κ1) is 15.6. The highest BCUT2D eigenvalue weighted by Gasteiger charge is 2.05. The third-order valence-electron chi connectivity index (χ3n) is 4.13. The second kappa shape index (κ2) is 8.51. The number of anilines is 1. The Bertz CT molecular complexity index is 501. The summed E-state index contributed by atoms with van der Waals surface area (Å²) in [6, 6.07) is 19.3. The Labute approximate surface area is 129 Å². The molecule has 0 spiro atoms. The van der Waals surface area contributed by atoms with Gasteiger partial charge in [0.05, 0.1) is 0 Å². The SMILES string of the molecule is CCCCC(CC)CNc1ccc(-c2ccccc2)cc1. The predicted molar refractivity (Wildman–Crippen MR) is 93.7 cm³/mol.